The molecule has 180 valence electrons. The zero-order valence-electron chi connectivity index (χ0n) is 19.5. The highest BCUT2D eigenvalue weighted by atomic mass is 32.2. The number of hydrogen-bond acceptors (Lipinski definition) is 7. The van der Waals surface area contributed by atoms with Crippen molar-refractivity contribution in [2.75, 3.05) is 11.3 Å². The molecule has 1 atom stereocenters. The summed E-state index contributed by atoms with van der Waals surface area (Å²) in [6.07, 6.45) is 2.33. The number of amides is 1. The Kier molecular flexibility index (Phi) is 6.56. The molecule has 0 saturated carbocycles. The quantitative estimate of drug-likeness (QED) is 0.582. The predicted octanol–water partition coefficient (Wildman–Crippen LogP) is 3.12. The average Bonchev–Trinajstić information content (AvgIpc) is 3.27. The molecule has 1 aromatic carbocycles. The Morgan fingerprint density at radius 3 is 2.68 bits per heavy atom. The first kappa shape index (κ1) is 23.7. The van der Waals surface area contributed by atoms with Gasteiger partial charge in [0.05, 0.1) is 10.9 Å². The van der Waals surface area contributed by atoms with Gasteiger partial charge in [0, 0.05) is 23.5 Å². The van der Waals surface area contributed by atoms with E-state index in [4.69, 9.17) is 4.74 Å². The van der Waals surface area contributed by atoms with Crippen LogP contribution in [0.3, 0.4) is 0 Å². The average molecular weight is 485 g/mol. The molecule has 0 spiro atoms. The third kappa shape index (κ3) is 5.19. The molecule has 2 N–H and O–H groups in total. The maximum absolute atomic E-state index is 13.1. The topological polar surface area (TPSA) is 128 Å². The summed E-state index contributed by atoms with van der Waals surface area (Å²) in [4.78, 5) is 21.5. The Morgan fingerprint density at radius 1 is 1.15 bits per heavy atom. The Hall–Kier alpha value is -3.47. The number of hydrogen-bond donors (Lipinski definition) is 2. The van der Waals surface area contributed by atoms with E-state index in [0.29, 0.717) is 18.2 Å². The Morgan fingerprint density at radius 2 is 1.94 bits per heavy atom. The van der Waals surface area contributed by atoms with Crippen molar-refractivity contribution in [3.8, 4) is 11.7 Å². The fourth-order valence-corrected chi connectivity index (χ4v) is 4.75. The number of rotatable bonds is 4. The second-order valence-electron chi connectivity index (χ2n) is 8.95. The van der Waals surface area contributed by atoms with Crippen LogP contribution in [-0.2, 0) is 10.0 Å². The van der Waals surface area contributed by atoms with Gasteiger partial charge in [-0.15, -0.1) is 0 Å². The molecule has 0 saturated heterocycles. The molecule has 3 heterocycles. The van der Waals surface area contributed by atoms with Crippen molar-refractivity contribution in [2.45, 2.75) is 51.0 Å². The van der Waals surface area contributed by atoms with Crippen molar-refractivity contribution < 1.29 is 17.9 Å². The zero-order valence-corrected chi connectivity index (χ0v) is 20.3. The van der Waals surface area contributed by atoms with E-state index in [1.807, 2.05) is 19.9 Å². The lowest BCUT2D eigenvalue weighted by Gasteiger charge is -2.21. The van der Waals surface area contributed by atoms with Crippen molar-refractivity contribution in [3.05, 3.63) is 53.9 Å². The standard InChI is InChI=1S/C23H28N6O4S/c1-14(2)10-17-13-33-21-12-20(29-19(15(3)4)8-9-24-29)26-23(27-21)28-34(31,32)18-7-5-6-16(11-18)22(30)25-17/h5-9,11-12,14-15,17H,10,13H2,1-4H3,(H,25,30)(H,26,27,28)/t17-/m1/s1. The highest BCUT2D eigenvalue weighted by Gasteiger charge is 2.23. The molecule has 1 aliphatic heterocycles. The minimum Gasteiger partial charge on any atom is -0.475 e. The number of carbonyl (C=O) groups excluding carboxylic acids is 1. The number of ether oxygens (including phenoxy) is 1. The molecule has 0 aliphatic carbocycles. The fraction of sp³-hybridized carbons (Fsp3) is 0.391. The van der Waals surface area contributed by atoms with Gasteiger partial charge in [-0.3, -0.25) is 4.79 Å². The van der Waals surface area contributed by atoms with Gasteiger partial charge in [0.1, 0.15) is 6.61 Å². The SMILES string of the molecule is CC(C)C[C@@H]1COc2cc(-n3nccc3C(C)C)nc(n2)NS(=O)(=O)c2cccc(c2)C(=O)N1. The summed E-state index contributed by atoms with van der Waals surface area (Å²) in [7, 11) is -4.07. The number of anilines is 1. The third-order valence-corrected chi connectivity index (χ3v) is 6.65. The van der Waals surface area contributed by atoms with Gasteiger partial charge in [-0.05, 0) is 42.5 Å². The van der Waals surface area contributed by atoms with Crippen molar-refractivity contribution in [3.63, 3.8) is 0 Å². The summed E-state index contributed by atoms with van der Waals surface area (Å²) in [6.45, 7) is 8.31. The molecule has 1 amide bonds. The van der Waals surface area contributed by atoms with Gasteiger partial charge in [0.25, 0.3) is 15.9 Å². The number of nitrogens with one attached hydrogen (secondary N) is 2. The number of aromatic nitrogens is 4. The molecular weight excluding hydrogens is 456 g/mol. The van der Waals surface area contributed by atoms with Gasteiger partial charge in [-0.2, -0.15) is 15.1 Å². The molecule has 11 heteroatoms. The van der Waals surface area contributed by atoms with Crippen molar-refractivity contribution in [1.82, 2.24) is 25.1 Å². The predicted molar refractivity (Wildman–Crippen MR) is 127 cm³/mol. The lowest BCUT2D eigenvalue weighted by molar-refractivity contribution is 0.0913. The minimum atomic E-state index is -4.07. The Balaban J connectivity index is 1.83. The van der Waals surface area contributed by atoms with Gasteiger partial charge in [-0.25, -0.2) is 17.8 Å². The van der Waals surface area contributed by atoms with Crippen LogP contribution in [0.2, 0.25) is 0 Å². The summed E-state index contributed by atoms with van der Waals surface area (Å²) < 4.78 is 36.1. The lowest BCUT2D eigenvalue weighted by atomic mass is 10.0. The molecule has 10 nitrogen and oxygen atoms in total. The molecule has 34 heavy (non-hydrogen) atoms. The second-order valence-corrected chi connectivity index (χ2v) is 10.6. The van der Waals surface area contributed by atoms with E-state index >= 15 is 0 Å². The van der Waals surface area contributed by atoms with Crippen molar-refractivity contribution >= 4 is 21.9 Å². The van der Waals surface area contributed by atoms with Gasteiger partial charge in [0.15, 0.2) is 5.82 Å². The molecule has 0 radical (unpaired) electrons. The zero-order chi connectivity index (χ0) is 24.5. The van der Waals surface area contributed by atoms with Crippen LogP contribution in [0.25, 0.3) is 5.82 Å². The van der Waals surface area contributed by atoms with Gasteiger partial charge < -0.3 is 10.1 Å². The molecule has 0 unspecified atom stereocenters. The van der Waals surface area contributed by atoms with Crippen LogP contribution in [0.1, 0.15) is 56.1 Å². The van der Waals surface area contributed by atoms with E-state index in [9.17, 15) is 13.2 Å². The monoisotopic (exact) mass is 484 g/mol. The van der Waals surface area contributed by atoms with Crippen LogP contribution >= 0.6 is 0 Å². The molecule has 2 aromatic heterocycles. The van der Waals surface area contributed by atoms with E-state index in [-0.39, 0.29) is 46.8 Å². The van der Waals surface area contributed by atoms with Crippen LogP contribution in [0.15, 0.2) is 47.5 Å². The maximum atomic E-state index is 13.1. The first-order chi connectivity index (χ1) is 16.1. The lowest BCUT2D eigenvalue weighted by Crippen LogP contribution is -2.40. The third-order valence-electron chi connectivity index (χ3n) is 5.33. The summed E-state index contributed by atoms with van der Waals surface area (Å²) in [5.74, 6) is 0.465. The van der Waals surface area contributed by atoms with Crippen molar-refractivity contribution in [2.24, 2.45) is 5.92 Å². The van der Waals surface area contributed by atoms with E-state index in [2.05, 4.69) is 39.0 Å². The highest BCUT2D eigenvalue weighted by Crippen LogP contribution is 2.23. The van der Waals surface area contributed by atoms with Crippen molar-refractivity contribution in [1.29, 1.82) is 0 Å². The molecule has 1 aliphatic rings. The van der Waals surface area contributed by atoms with E-state index in [1.165, 1.54) is 18.2 Å². The summed E-state index contributed by atoms with van der Waals surface area (Å²) in [5, 5.41) is 7.31. The summed E-state index contributed by atoms with van der Waals surface area (Å²) in [6, 6.07) is 9.01. The smallest absolute Gasteiger partial charge is 0.264 e. The normalized spacial score (nSPS) is 17.7. The van der Waals surface area contributed by atoms with E-state index in [0.717, 1.165) is 5.69 Å². The fourth-order valence-electron chi connectivity index (χ4n) is 3.76. The van der Waals surface area contributed by atoms with E-state index < -0.39 is 10.0 Å². The Bertz CT molecular complexity index is 1300. The second kappa shape index (κ2) is 9.41. The molecule has 4 rings (SSSR count). The molecule has 4 bridgehead atoms. The first-order valence-electron chi connectivity index (χ1n) is 11.1. The van der Waals surface area contributed by atoms with Crippen LogP contribution < -0.4 is 14.8 Å². The van der Waals surface area contributed by atoms with Gasteiger partial charge >= 0.3 is 0 Å². The molecule has 0 fully saturated rings. The van der Waals surface area contributed by atoms with Crippen LogP contribution in [0, 0.1) is 5.92 Å². The number of benzene rings is 1. The number of carbonyl (C=O) groups is 1. The maximum Gasteiger partial charge on any atom is 0.264 e. The summed E-state index contributed by atoms with van der Waals surface area (Å²) in [5.41, 5.74) is 1.14. The number of fused-ring (bicyclic) bond motifs is 4. The van der Waals surface area contributed by atoms with Crippen LogP contribution in [-0.4, -0.2) is 46.7 Å². The first-order valence-corrected chi connectivity index (χ1v) is 12.6. The number of sulfonamides is 1. The van der Waals surface area contributed by atoms with E-state index in [1.54, 1.807) is 23.0 Å². The van der Waals surface area contributed by atoms with Crippen LogP contribution in [0.4, 0.5) is 5.95 Å². The van der Waals surface area contributed by atoms with Crippen LogP contribution in [0.5, 0.6) is 5.88 Å². The largest absolute Gasteiger partial charge is 0.475 e. The summed E-state index contributed by atoms with van der Waals surface area (Å²) >= 11 is 0. The van der Waals surface area contributed by atoms with Gasteiger partial charge in [0.2, 0.25) is 11.8 Å². The number of nitrogens with zero attached hydrogens (tertiary/aromatic N) is 4. The highest BCUT2D eigenvalue weighted by molar-refractivity contribution is 7.92. The molecular formula is C23H28N6O4S. The van der Waals surface area contributed by atoms with Gasteiger partial charge in [-0.1, -0.05) is 33.8 Å². The molecule has 3 aromatic rings. The Labute approximate surface area is 198 Å². The minimum absolute atomic E-state index is 0.0711.